The van der Waals surface area contributed by atoms with Gasteiger partial charge in [-0.05, 0) is 39.0 Å². The molecule has 1 N–H and O–H groups in total. The van der Waals surface area contributed by atoms with Crippen LogP contribution in [0.2, 0.25) is 5.02 Å². The van der Waals surface area contributed by atoms with E-state index in [2.05, 4.69) is 47.2 Å². The van der Waals surface area contributed by atoms with Gasteiger partial charge in [-0.1, -0.05) is 32.7 Å². The number of hydrogen-bond acceptors (Lipinski definition) is 3. The molecule has 102 valence electrons. The molecule has 1 aromatic heterocycles. The smallest absolute Gasteiger partial charge is 0.168 e. The van der Waals surface area contributed by atoms with E-state index < -0.39 is 0 Å². The fraction of sp³-hybridized carbons (Fsp3) is 0.357. The van der Waals surface area contributed by atoms with Gasteiger partial charge in [-0.15, -0.1) is 0 Å². The monoisotopic (exact) mass is 342 g/mol. The molecule has 0 aliphatic carbocycles. The Hall–Kier alpha value is -0.840. The third-order valence-corrected chi connectivity index (χ3v) is 3.36. The molecule has 19 heavy (non-hydrogen) atoms. The molecule has 2 rings (SSSR count). The number of halogens is 2. The highest BCUT2D eigenvalue weighted by molar-refractivity contribution is 9.10. The van der Waals surface area contributed by atoms with Crippen molar-refractivity contribution in [2.45, 2.75) is 32.9 Å². The molecular formula is C14H16BrClN2O. The average molecular weight is 344 g/mol. The Labute approximate surface area is 126 Å². The molecular weight excluding hydrogens is 328 g/mol. The zero-order valence-electron chi connectivity index (χ0n) is 11.1. The van der Waals surface area contributed by atoms with Gasteiger partial charge < -0.3 is 9.84 Å². The molecule has 0 aliphatic rings. The second kappa shape index (κ2) is 5.65. The summed E-state index contributed by atoms with van der Waals surface area (Å²) in [5, 5.41) is 8.05. The van der Waals surface area contributed by atoms with E-state index in [1.807, 2.05) is 24.3 Å². The van der Waals surface area contributed by atoms with E-state index in [1.165, 1.54) is 0 Å². The number of nitrogens with zero attached hydrogens (tertiary/aromatic N) is 1. The molecule has 0 unspecified atom stereocenters. The number of nitrogens with one attached hydrogen (secondary N) is 1. The number of hydrogen-bond donors (Lipinski definition) is 1. The highest BCUT2D eigenvalue weighted by atomic mass is 79.9. The Morgan fingerprint density at radius 2 is 2.05 bits per heavy atom. The van der Waals surface area contributed by atoms with Gasteiger partial charge in [-0.3, -0.25) is 0 Å². The van der Waals surface area contributed by atoms with Crippen molar-refractivity contribution in [2.75, 3.05) is 0 Å². The number of benzene rings is 1. The summed E-state index contributed by atoms with van der Waals surface area (Å²) in [4.78, 5) is 0. The fourth-order valence-electron chi connectivity index (χ4n) is 1.57. The van der Waals surface area contributed by atoms with Gasteiger partial charge in [-0.2, -0.15) is 0 Å². The first-order valence-corrected chi connectivity index (χ1v) is 7.18. The lowest BCUT2D eigenvalue weighted by Gasteiger charge is -2.19. The maximum absolute atomic E-state index is 6.19. The molecule has 0 amide bonds. The standard InChI is InChI=1S/C14H16BrClN2O/c1-14(2,3)17-8-10-7-13(19-18-10)11-5-4-9(15)6-12(11)16/h4-7,17H,8H2,1-3H3. The summed E-state index contributed by atoms with van der Waals surface area (Å²) in [7, 11) is 0. The third kappa shape index (κ3) is 4.06. The van der Waals surface area contributed by atoms with Crippen molar-refractivity contribution >= 4 is 27.5 Å². The first-order chi connectivity index (χ1) is 8.85. The van der Waals surface area contributed by atoms with Gasteiger partial charge in [0.15, 0.2) is 5.76 Å². The van der Waals surface area contributed by atoms with Crippen LogP contribution in [0.1, 0.15) is 26.5 Å². The minimum absolute atomic E-state index is 0.0500. The van der Waals surface area contributed by atoms with Crippen LogP contribution in [-0.4, -0.2) is 10.7 Å². The molecule has 0 atom stereocenters. The summed E-state index contributed by atoms with van der Waals surface area (Å²) < 4.78 is 6.29. The lowest BCUT2D eigenvalue weighted by molar-refractivity contribution is 0.392. The van der Waals surface area contributed by atoms with Crippen LogP contribution in [0.3, 0.4) is 0 Å². The first kappa shape index (κ1) is 14.6. The van der Waals surface area contributed by atoms with Crippen LogP contribution in [0.25, 0.3) is 11.3 Å². The first-order valence-electron chi connectivity index (χ1n) is 6.01. The summed E-state index contributed by atoms with van der Waals surface area (Å²) in [6.07, 6.45) is 0. The molecule has 5 heteroatoms. The predicted molar refractivity (Wildman–Crippen MR) is 81.2 cm³/mol. The summed E-state index contributed by atoms with van der Waals surface area (Å²) in [6, 6.07) is 7.59. The van der Waals surface area contributed by atoms with Crippen molar-refractivity contribution in [1.29, 1.82) is 0 Å². The Morgan fingerprint density at radius 1 is 1.32 bits per heavy atom. The Kier molecular flexibility index (Phi) is 4.33. The molecule has 0 aliphatic heterocycles. The van der Waals surface area contributed by atoms with Crippen molar-refractivity contribution in [3.05, 3.63) is 39.5 Å². The highest BCUT2D eigenvalue weighted by Crippen LogP contribution is 2.30. The van der Waals surface area contributed by atoms with Crippen molar-refractivity contribution in [3.8, 4) is 11.3 Å². The van der Waals surface area contributed by atoms with Crippen LogP contribution in [-0.2, 0) is 6.54 Å². The maximum atomic E-state index is 6.19. The Balaban J connectivity index is 2.16. The molecule has 0 spiro atoms. The number of aromatic nitrogens is 1. The second-order valence-electron chi connectivity index (χ2n) is 5.41. The van der Waals surface area contributed by atoms with Gasteiger partial charge in [0.05, 0.1) is 10.7 Å². The van der Waals surface area contributed by atoms with E-state index >= 15 is 0 Å². The topological polar surface area (TPSA) is 38.1 Å². The average Bonchev–Trinajstić information content (AvgIpc) is 2.74. The van der Waals surface area contributed by atoms with Crippen LogP contribution >= 0.6 is 27.5 Å². The minimum Gasteiger partial charge on any atom is -0.356 e. The van der Waals surface area contributed by atoms with E-state index in [-0.39, 0.29) is 5.54 Å². The van der Waals surface area contributed by atoms with E-state index in [0.29, 0.717) is 17.3 Å². The molecule has 1 heterocycles. The van der Waals surface area contributed by atoms with Gasteiger partial charge in [0.25, 0.3) is 0 Å². The van der Waals surface area contributed by atoms with Crippen molar-refractivity contribution < 1.29 is 4.52 Å². The van der Waals surface area contributed by atoms with Crippen LogP contribution < -0.4 is 5.32 Å². The van der Waals surface area contributed by atoms with E-state index in [1.54, 1.807) is 0 Å². The number of rotatable bonds is 3. The lowest BCUT2D eigenvalue weighted by atomic mass is 10.1. The van der Waals surface area contributed by atoms with Crippen molar-refractivity contribution in [1.82, 2.24) is 10.5 Å². The molecule has 3 nitrogen and oxygen atoms in total. The van der Waals surface area contributed by atoms with Crippen LogP contribution in [0.5, 0.6) is 0 Å². The second-order valence-corrected chi connectivity index (χ2v) is 6.73. The third-order valence-electron chi connectivity index (χ3n) is 2.56. The molecule has 1 aromatic carbocycles. The molecule has 0 saturated carbocycles. The molecule has 0 radical (unpaired) electrons. The normalized spacial score (nSPS) is 11.8. The molecule has 0 fully saturated rings. The molecule has 0 saturated heterocycles. The summed E-state index contributed by atoms with van der Waals surface area (Å²) in [5.41, 5.74) is 1.76. The fourth-order valence-corrected chi connectivity index (χ4v) is 2.33. The zero-order valence-corrected chi connectivity index (χ0v) is 13.5. The van der Waals surface area contributed by atoms with Gasteiger partial charge in [0.1, 0.15) is 0 Å². The minimum atomic E-state index is 0.0500. The Bertz CT molecular complexity index is 575. The van der Waals surface area contributed by atoms with Crippen LogP contribution in [0.4, 0.5) is 0 Å². The van der Waals surface area contributed by atoms with Crippen LogP contribution in [0.15, 0.2) is 33.3 Å². The summed E-state index contributed by atoms with van der Waals surface area (Å²) in [6.45, 7) is 7.00. The van der Waals surface area contributed by atoms with Gasteiger partial charge in [0, 0.05) is 28.2 Å². The highest BCUT2D eigenvalue weighted by Gasteiger charge is 2.13. The summed E-state index contributed by atoms with van der Waals surface area (Å²) >= 11 is 9.57. The van der Waals surface area contributed by atoms with Gasteiger partial charge in [-0.25, -0.2) is 0 Å². The molecule has 0 bridgehead atoms. The molecule has 2 aromatic rings. The van der Waals surface area contributed by atoms with Gasteiger partial charge >= 0.3 is 0 Å². The SMILES string of the molecule is CC(C)(C)NCc1cc(-c2ccc(Br)cc2Cl)on1. The predicted octanol–water partition coefficient (Wildman–Crippen LogP) is 4.65. The van der Waals surface area contributed by atoms with Crippen molar-refractivity contribution in [2.24, 2.45) is 0 Å². The maximum Gasteiger partial charge on any atom is 0.168 e. The Morgan fingerprint density at radius 3 is 2.68 bits per heavy atom. The van der Waals surface area contributed by atoms with Crippen LogP contribution in [0, 0.1) is 0 Å². The zero-order chi connectivity index (χ0) is 14.0. The van der Waals surface area contributed by atoms with E-state index in [0.717, 1.165) is 15.7 Å². The van der Waals surface area contributed by atoms with E-state index in [9.17, 15) is 0 Å². The largest absolute Gasteiger partial charge is 0.356 e. The quantitative estimate of drug-likeness (QED) is 0.882. The summed E-state index contributed by atoms with van der Waals surface area (Å²) in [5.74, 6) is 0.684. The van der Waals surface area contributed by atoms with Crippen molar-refractivity contribution in [3.63, 3.8) is 0 Å². The lowest BCUT2D eigenvalue weighted by Crippen LogP contribution is -2.35. The van der Waals surface area contributed by atoms with Gasteiger partial charge in [0.2, 0.25) is 0 Å². The van der Waals surface area contributed by atoms with E-state index in [4.69, 9.17) is 16.1 Å².